The van der Waals surface area contributed by atoms with Crippen LogP contribution >= 0.6 is 0 Å². The van der Waals surface area contributed by atoms with Crippen LogP contribution in [0.5, 0.6) is 0 Å². The van der Waals surface area contributed by atoms with Gasteiger partial charge in [0.25, 0.3) is 11.6 Å². The van der Waals surface area contributed by atoms with E-state index in [1.807, 2.05) is 35.1 Å². The number of nitrogens with zero attached hydrogens (tertiary/aromatic N) is 2. The molecule has 1 N–H and O–H groups in total. The summed E-state index contributed by atoms with van der Waals surface area (Å²) >= 11 is 0. The van der Waals surface area contributed by atoms with Crippen molar-refractivity contribution in [2.45, 2.75) is 6.92 Å². The van der Waals surface area contributed by atoms with Crippen LogP contribution in [-0.4, -0.2) is 30.7 Å². The zero-order valence-corrected chi connectivity index (χ0v) is 13.2. The molecule has 0 saturated heterocycles. The van der Waals surface area contributed by atoms with Gasteiger partial charge in [-0.05, 0) is 13.0 Å². The Morgan fingerprint density at radius 2 is 1.91 bits per heavy atom. The van der Waals surface area contributed by atoms with Crippen LogP contribution in [0.3, 0.4) is 0 Å². The van der Waals surface area contributed by atoms with E-state index in [2.05, 4.69) is 10.1 Å². The van der Waals surface area contributed by atoms with Crippen LogP contribution < -0.4 is 4.72 Å². The summed E-state index contributed by atoms with van der Waals surface area (Å²) in [5.74, 6) is -0.747. The summed E-state index contributed by atoms with van der Waals surface area (Å²) in [6, 6.07) is 10.7. The first-order valence-corrected chi connectivity index (χ1v) is 8.59. The Morgan fingerprint density at radius 3 is 2.57 bits per heavy atom. The zero-order valence-electron chi connectivity index (χ0n) is 12.4. The Hall–Kier alpha value is -2.74. The van der Waals surface area contributed by atoms with E-state index < -0.39 is 15.9 Å². The number of amides is 1. The molecule has 0 bridgehead atoms. The van der Waals surface area contributed by atoms with Crippen LogP contribution in [0.1, 0.15) is 16.1 Å². The van der Waals surface area contributed by atoms with Gasteiger partial charge >= 0.3 is 0 Å². The molecule has 0 fully saturated rings. The normalized spacial score (nSPS) is 11.6. The van der Waals surface area contributed by atoms with Crippen molar-refractivity contribution in [1.82, 2.24) is 14.9 Å². The molecule has 0 unspecified atom stereocenters. The Labute approximate surface area is 132 Å². The van der Waals surface area contributed by atoms with Crippen molar-refractivity contribution in [3.63, 3.8) is 0 Å². The number of hydrogen-bond donors (Lipinski definition) is 1. The summed E-state index contributed by atoms with van der Waals surface area (Å²) in [5, 5.41) is 4.20. The molecule has 1 amide bonds. The molecule has 0 radical (unpaired) electrons. The van der Waals surface area contributed by atoms with Gasteiger partial charge in [0.1, 0.15) is 0 Å². The van der Waals surface area contributed by atoms with Crippen molar-refractivity contribution >= 4 is 27.0 Å². The van der Waals surface area contributed by atoms with E-state index >= 15 is 0 Å². The monoisotopic (exact) mass is 331 g/mol. The molecule has 3 rings (SSSR count). The number of fused-ring (bicyclic) bond motifs is 1. The number of sulfonamides is 1. The van der Waals surface area contributed by atoms with Crippen molar-refractivity contribution in [3.8, 4) is 11.3 Å². The molecular weight excluding hydrogens is 318 g/mol. The quantitative estimate of drug-likeness (QED) is 0.786. The molecule has 8 heteroatoms. The molecule has 118 valence electrons. The molecule has 0 aliphatic carbocycles. The highest BCUT2D eigenvalue weighted by molar-refractivity contribution is 7.89. The van der Waals surface area contributed by atoms with Crippen LogP contribution in [0.25, 0.3) is 22.4 Å². The molecule has 2 heterocycles. The predicted octanol–water partition coefficient (Wildman–Crippen LogP) is 1.89. The topological polar surface area (TPSA) is 102 Å². The van der Waals surface area contributed by atoms with Gasteiger partial charge in [0.05, 0.1) is 28.6 Å². The van der Waals surface area contributed by atoms with E-state index in [0.717, 1.165) is 11.8 Å². The van der Waals surface area contributed by atoms with Gasteiger partial charge in [0, 0.05) is 5.56 Å². The average Bonchev–Trinajstić information content (AvgIpc) is 2.87. The number of aryl methyl sites for hydroxylation is 1. The van der Waals surface area contributed by atoms with Gasteiger partial charge in [-0.2, -0.15) is 0 Å². The third-order valence-corrected chi connectivity index (χ3v) is 3.77. The highest BCUT2D eigenvalue weighted by Gasteiger charge is 2.21. The van der Waals surface area contributed by atoms with Gasteiger partial charge in [0.2, 0.25) is 10.0 Å². The molecule has 7 nitrogen and oxygen atoms in total. The molecule has 0 atom stereocenters. The second-order valence-electron chi connectivity index (χ2n) is 5.07. The van der Waals surface area contributed by atoms with Crippen molar-refractivity contribution in [3.05, 3.63) is 47.7 Å². The first-order valence-electron chi connectivity index (χ1n) is 6.70. The third kappa shape index (κ3) is 3.07. The first-order chi connectivity index (χ1) is 10.8. The van der Waals surface area contributed by atoms with Crippen LogP contribution in [0.4, 0.5) is 0 Å². The van der Waals surface area contributed by atoms with Gasteiger partial charge in [-0.25, -0.2) is 18.1 Å². The first kappa shape index (κ1) is 15.2. The number of benzene rings is 1. The summed E-state index contributed by atoms with van der Waals surface area (Å²) in [6.45, 7) is 1.66. The summed E-state index contributed by atoms with van der Waals surface area (Å²) in [5.41, 5.74) is 2.07. The maximum Gasteiger partial charge on any atom is 0.265 e. The molecule has 0 spiro atoms. The lowest BCUT2D eigenvalue weighted by molar-refractivity contribution is 0.0983. The lowest BCUT2D eigenvalue weighted by Crippen LogP contribution is -2.29. The Morgan fingerprint density at radius 1 is 1.22 bits per heavy atom. The number of nitrogens with one attached hydrogen (secondary N) is 1. The van der Waals surface area contributed by atoms with E-state index in [1.54, 1.807) is 6.92 Å². The van der Waals surface area contributed by atoms with E-state index in [0.29, 0.717) is 16.8 Å². The standard InChI is InChI=1S/C15H13N3O4S/c1-9-13-11(14(19)18-23(2,20)21)8-12(16-15(13)22-17-9)10-6-4-3-5-7-10/h3-8H,1-2H3,(H,18,19). The average molecular weight is 331 g/mol. The van der Waals surface area contributed by atoms with E-state index in [-0.39, 0.29) is 11.3 Å². The number of rotatable bonds is 3. The fourth-order valence-corrected chi connectivity index (χ4v) is 2.70. The second kappa shape index (κ2) is 5.47. The minimum atomic E-state index is -3.68. The molecule has 0 saturated carbocycles. The lowest BCUT2D eigenvalue weighted by Gasteiger charge is -2.07. The van der Waals surface area contributed by atoms with Crippen LogP contribution in [0.2, 0.25) is 0 Å². The van der Waals surface area contributed by atoms with Gasteiger partial charge in [-0.15, -0.1) is 0 Å². The number of carbonyl (C=O) groups excluding carboxylic acids is 1. The van der Waals surface area contributed by atoms with E-state index in [1.165, 1.54) is 6.07 Å². The van der Waals surface area contributed by atoms with Gasteiger partial charge in [-0.1, -0.05) is 35.5 Å². The zero-order chi connectivity index (χ0) is 16.6. The summed E-state index contributed by atoms with van der Waals surface area (Å²) < 4.78 is 29.8. The van der Waals surface area contributed by atoms with E-state index in [4.69, 9.17) is 4.52 Å². The maximum absolute atomic E-state index is 12.3. The number of aromatic nitrogens is 2. The highest BCUT2D eigenvalue weighted by atomic mass is 32.2. The Balaban J connectivity index is 2.22. The van der Waals surface area contributed by atoms with E-state index in [9.17, 15) is 13.2 Å². The van der Waals surface area contributed by atoms with Crippen LogP contribution in [0, 0.1) is 6.92 Å². The smallest absolute Gasteiger partial charge is 0.265 e. The Bertz CT molecular complexity index is 994. The van der Waals surface area contributed by atoms with Crippen molar-refractivity contribution < 1.29 is 17.7 Å². The lowest BCUT2D eigenvalue weighted by atomic mass is 10.1. The number of hydrogen-bond acceptors (Lipinski definition) is 6. The molecular formula is C15H13N3O4S. The predicted molar refractivity (Wildman–Crippen MR) is 84.3 cm³/mol. The van der Waals surface area contributed by atoms with Gasteiger partial charge in [-0.3, -0.25) is 4.79 Å². The molecule has 2 aromatic heterocycles. The SMILES string of the molecule is Cc1noc2nc(-c3ccccc3)cc(C(=O)NS(C)(=O)=O)c12. The highest BCUT2D eigenvalue weighted by Crippen LogP contribution is 2.26. The van der Waals surface area contributed by atoms with Gasteiger partial charge < -0.3 is 4.52 Å². The summed E-state index contributed by atoms with van der Waals surface area (Å²) in [6.07, 6.45) is 0.919. The maximum atomic E-state index is 12.3. The second-order valence-corrected chi connectivity index (χ2v) is 6.82. The van der Waals surface area contributed by atoms with Crippen molar-refractivity contribution in [1.29, 1.82) is 0 Å². The van der Waals surface area contributed by atoms with Crippen molar-refractivity contribution in [2.24, 2.45) is 0 Å². The van der Waals surface area contributed by atoms with Crippen molar-refractivity contribution in [2.75, 3.05) is 6.26 Å². The number of pyridine rings is 1. The molecule has 23 heavy (non-hydrogen) atoms. The molecule has 1 aromatic carbocycles. The Kier molecular flexibility index (Phi) is 3.61. The van der Waals surface area contributed by atoms with Gasteiger partial charge in [0.15, 0.2) is 0 Å². The van der Waals surface area contributed by atoms with Crippen LogP contribution in [-0.2, 0) is 10.0 Å². The molecule has 0 aliphatic rings. The summed E-state index contributed by atoms with van der Waals surface area (Å²) in [4.78, 5) is 16.7. The van der Waals surface area contributed by atoms with Crippen LogP contribution in [0.15, 0.2) is 40.9 Å². The minimum absolute atomic E-state index is 0.151. The largest absolute Gasteiger partial charge is 0.335 e. The minimum Gasteiger partial charge on any atom is -0.335 e. The fraction of sp³-hybridized carbons (Fsp3) is 0.133. The summed E-state index contributed by atoms with van der Waals surface area (Å²) in [7, 11) is -3.68. The number of carbonyl (C=O) groups is 1. The third-order valence-electron chi connectivity index (χ3n) is 3.21. The molecule has 0 aliphatic heterocycles. The molecule has 3 aromatic rings. The fourth-order valence-electron chi connectivity index (χ4n) is 2.25.